The number of para-hydroxylation sites is 1. The summed E-state index contributed by atoms with van der Waals surface area (Å²) in [4.78, 5) is 20.4. The molecule has 0 aliphatic rings. The number of fused-ring (bicyclic) bond motifs is 10. The minimum atomic E-state index is 0.626. The minimum Gasteiger partial charge on any atom is -0.309 e. The lowest BCUT2D eigenvalue weighted by Gasteiger charge is -2.15. The van der Waals surface area contributed by atoms with E-state index in [1.165, 1.54) is 37.7 Å². The third-order valence-corrected chi connectivity index (χ3v) is 12.4. The summed E-state index contributed by atoms with van der Waals surface area (Å²) in [6.45, 7) is 0. The highest BCUT2D eigenvalue weighted by Crippen LogP contribution is 2.43. The quantitative estimate of drug-likeness (QED) is 0.174. The predicted octanol–water partition coefficient (Wildman–Crippen LogP) is 13.9. The lowest BCUT2D eigenvalue weighted by molar-refractivity contribution is 1.08. The summed E-state index contributed by atoms with van der Waals surface area (Å²) in [5.74, 6) is 2.78. The summed E-state index contributed by atoms with van der Waals surface area (Å²) >= 11 is 0. The molecule has 9 aromatic carbocycles. The molecule has 4 aromatic heterocycles. The van der Waals surface area contributed by atoms with E-state index in [1.54, 1.807) is 0 Å². The molecular weight excluding hydrogens is 757 g/mol. The third kappa shape index (κ3) is 5.23. The average Bonchev–Trinajstić information content (AvgIpc) is 3.85. The van der Waals surface area contributed by atoms with Crippen molar-refractivity contribution in [3.05, 3.63) is 206 Å². The average molecular weight is 791 g/mol. The van der Waals surface area contributed by atoms with Gasteiger partial charge >= 0.3 is 0 Å². The Morgan fingerprint density at radius 2 is 0.984 bits per heavy atom. The third-order valence-electron chi connectivity index (χ3n) is 12.4. The minimum absolute atomic E-state index is 0.626. The molecule has 0 aliphatic heterocycles. The summed E-state index contributed by atoms with van der Waals surface area (Å²) in [5, 5.41) is 11.7. The molecule has 288 valence electrons. The lowest BCUT2D eigenvalue weighted by atomic mass is 10.0. The zero-order valence-electron chi connectivity index (χ0n) is 33.3. The van der Waals surface area contributed by atoms with Crippen LogP contribution in [-0.2, 0) is 0 Å². The number of aromatic nitrogens is 6. The molecule has 13 rings (SSSR count). The maximum absolute atomic E-state index is 5.23. The highest BCUT2D eigenvalue weighted by atomic mass is 15.1. The summed E-state index contributed by atoms with van der Waals surface area (Å²) < 4.78 is 4.75. The van der Waals surface area contributed by atoms with Crippen LogP contribution in [0.5, 0.6) is 0 Å². The van der Waals surface area contributed by atoms with Gasteiger partial charge in [-0.1, -0.05) is 146 Å². The standard InChI is InChI=1S/C56H34N6/c1-2-16-37(17-3-1)54-58-55(39-26-25-35-14-4-5-18-38(35)32-39)60-56(59-54)44-28-30-48(42-21-9-8-20-41(42)44)61-47-23-11-10-22-43(47)45-33-46-51(34-50(45)61)62(52-24-12-13-31-57-52)49-29-27-36-15-6-7-19-40(36)53(46)49/h1-34H. The molecule has 0 radical (unpaired) electrons. The van der Waals surface area contributed by atoms with Gasteiger partial charge in [0.25, 0.3) is 0 Å². The van der Waals surface area contributed by atoms with E-state index in [9.17, 15) is 0 Å². The van der Waals surface area contributed by atoms with Crippen LogP contribution >= 0.6 is 0 Å². The molecule has 6 heteroatoms. The molecule has 0 saturated heterocycles. The van der Waals surface area contributed by atoms with Gasteiger partial charge in [0.05, 0.1) is 27.8 Å². The van der Waals surface area contributed by atoms with Crippen molar-refractivity contribution in [2.75, 3.05) is 0 Å². The van der Waals surface area contributed by atoms with Gasteiger partial charge in [-0.25, -0.2) is 19.9 Å². The second-order valence-corrected chi connectivity index (χ2v) is 15.9. The molecule has 0 unspecified atom stereocenters. The van der Waals surface area contributed by atoms with Crippen molar-refractivity contribution in [3.8, 4) is 45.7 Å². The Labute approximate surface area is 355 Å². The molecule has 0 fully saturated rings. The van der Waals surface area contributed by atoms with E-state index < -0.39 is 0 Å². The van der Waals surface area contributed by atoms with Crippen molar-refractivity contribution in [1.29, 1.82) is 0 Å². The van der Waals surface area contributed by atoms with Crippen molar-refractivity contribution in [2.24, 2.45) is 0 Å². The maximum atomic E-state index is 5.23. The molecule has 0 spiro atoms. The van der Waals surface area contributed by atoms with E-state index in [0.717, 1.165) is 66.4 Å². The van der Waals surface area contributed by atoms with Crippen molar-refractivity contribution in [1.82, 2.24) is 29.1 Å². The van der Waals surface area contributed by atoms with Crippen LogP contribution in [0.15, 0.2) is 206 Å². The van der Waals surface area contributed by atoms with E-state index in [-0.39, 0.29) is 0 Å². The van der Waals surface area contributed by atoms with Gasteiger partial charge in [0.1, 0.15) is 5.82 Å². The van der Waals surface area contributed by atoms with Crippen LogP contribution in [0.25, 0.3) is 122 Å². The van der Waals surface area contributed by atoms with Crippen LogP contribution in [0.2, 0.25) is 0 Å². The topological polar surface area (TPSA) is 61.4 Å². The van der Waals surface area contributed by atoms with Crippen molar-refractivity contribution < 1.29 is 0 Å². The molecule has 0 N–H and O–H groups in total. The molecule has 0 amide bonds. The van der Waals surface area contributed by atoms with Gasteiger partial charge in [-0.15, -0.1) is 0 Å². The first-order valence-electron chi connectivity index (χ1n) is 20.9. The maximum Gasteiger partial charge on any atom is 0.164 e. The molecule has 13 aromatic rings. The normalized spacial score (nSPS) is 11.9. The number of rotatable bonds is 5. The van der Waals surface area contributed by atoms with Crippen molar-refractivity contribution in [2.45, 2.75) is 0 Å². The van der Waals surface area contributed by atoms with Crippen molar-refractivity contribution >= 4 is 75.9 Å². The van der Waals surface area contributed by atoms with Crippen LogP contribution in [0, 0.1) is 0 Å². The van der Waals surface area contributed by atoms with Crippen LogP contribution in [0.4, 0.5) is 0 Å². The Morgan fingerprint density at radius 1 is 0.323 bits per heavy atom. The van der Waals surface area contributed by atoms with Gasteiger partial charge in [-0.2, -0.15) is 0 Å². The fourth-order valence-electron chi connectivity index (χ4n) is 9.58. The summed E-state index contributed by atoms with van der Waals surface area (Å²) in [6.07, 6.45) is 1.87. The van der Waals surface area contributed by atoms with E-state index in [4.69, 9.17) is 19.9 Å². The van der Waals surface area contributed by atoms with E-state index in [2.05, 4.69) is 185 Å². The van der Waals surface area contributed by atoms with Gasteiger partial charge in [0.15, 0.2) is 17.5 Å². The smallest absolute Gasteiger partial charge is 0.164 e. The number of hydrogen-bond donors (Lipinski definition) is 0. The van der Waals surface area contributed by atoms with Gasteiger partial charge in [0.2, 0.25) is 0 Å². The molecule has 62 heavy (non-hydrogen) atoms. The first kappa shape index (κ1) is 34.4. The number of pyridine rings is 1. The van der Waals surface area contributed by atoms with Gasteiger partial charge in [0, 0.05) is 49.8 Å². The molecule has 0 atom stereocenters. The van der Waals surface area contributed by atoms with E-state index in [1.807, 2.05) is 30.5 Å². The Bertz CT molecular complexity index is 3920. The fourth-order valence-corrected chi connectivity index (χ4v) is 9.58. The Hall–Kier alpha value is -8.48. The van der Waals surface area contributed by atoms with Crippen LogP contribution in [-0.4, -0.2) is 29.1 Å². The van der Waals surface area contributed by atoms with Crippen molar-refractivity contribution in [3.63, 3.8) is 0 Å². The molecular formula is C56H34N6. The second-order valence-electron chi connectivity index (χ2n) is 15.9. The molecule has 0 aliphatic carbocycles. The number of hydrogen-bond acceptors (Lipinski definition) is 4. The predicted molar refractivity (Wildman–Crippen MR) is 255 cm³/mol. The monoisotopic (exact) mass is 790 g/mol. The second kappa shape index (κ2) is 13.5. The number of benzene rings is 9. The zero-order chi connectivity index (χ0) is 40.7. The Kier molecular flexibility index (Phi) is 7.50. The lowest BCUT2D eigenvalue weighted by Crippen LogP contribution is -2.02. The SMILES string of the molecule is c1ccc(-c2nc(-c3ccc4ccccc4c3)nc(-c3ccc(-n4c5ccccc5c5cc6c7c8ccccc8ccc7n(-c7ccccn7)c6cc54)c4ccccc34)n2)cc1. The van der Waals surface area contributed by atoms with Crippen LogP contribution in [0.3, 0.4) is 0 Å². The first-order chi connectivity index (χ1) is 30.7. The number of nitrogens with zero attached hydrogens (tertiary/aromatic N) is 6. The molecule has 4 heterocycles. The summed E-state index contributed by atoms with van der Waals surface area (Å²) in [5.41, 5.74) is 8.38. The Balaban J connectivity index is 1.07. The highest BCUT2D eigenvalue weighted by Gasteiger charge is 2.22. The first-order valence-corrected chi connectivity index (χ1v) is 20.9. The van der Waals surface area contributed by atoms with Crippen LogP contribution in [0.1, 0.15) is 0 Å². The summed E-state index contributed by atoms with van der Waals surface area (Å²) in [6, 6.07) is 70.8. The summed E-state index contributed by atoms with van der Waals surface area (Å²) in [7, 11) is 0. The molecule has 0 bridgehead atoms. The van der Waals surface area contributed by atoms with E-state index >= 15 is 0 Å². The zero-order valence-corrected chi connectivity index (χ0v) is 33.3. The molecule has 0 saturated carbocycles. The van der Waals surface area contributed by atoms with Gasteiger partial charge in [-0.3, -0.25) is 4.57 Å². The van der Waals surface area contributed by atoms with Gasteiger partial charge in [-0.05, 0) is 81.5 Å². The highest BCUT2D eigenvalue weighted by molar-refractivity contribution is 6.25. The molecule has 6 nitrogen and oxygen atoms in total. The van der Waals surface area contributed by atoms with Gasteiger partial charge < -0.3 is 4.57 Å². The largest absolute Gasteiger partial charge is 0.309 e. The Morgan fingerprint density at radius 3 is 1.82 bits per heavy atom. The fraction of sp³-hybridized carbons (Fsp3) is 0. The van der Waals surface area contributed by atoms with E-state index in [0.29, 0.717) is 17.5 Å². The van der Waals surface area contributed by atoms with Crippen LogP contribution < -0.4 is 0 Å².